The van der Waals surface area contributed by atoms with Gasteiger partial charge in [0.1, 0.15) is 5.56 Å². The van der Waals surface area contributed by atoms with Crippen LogP contribution in [-0.2, 0) is 4.79 Å². The number of ether oxygens (including phenoxy) is 1. The maximum atomic E-state index is 13.7. The number of halogens is 1. The lowest BCUT2D eigenvalue weighted by atomic mass is 10.1. The number of hydrogen-bond donors (Lipinski definition) is 2. The fourth-order valence-corrected chi connectivity index (χ4v) is 2.45. The minimum Gasteiger partial charge on any atom is -0.494 e. The summed E-state index contributed by atoms with van der Waals surface area (Å²) >= 11 is 0. The fourth-order valence-electron chi connectivity index (χ4n) is 2.45. The van der Waals surface area contributed by atoms with Crippen LogP contribution in [0, 0.1) is 5.82 Å². The minimum atomic E-state index is -0.520. The van der Waals surface area contributed by atoms with Crippen molar-refractivity contribution in [3.05, 3.63) is 29.6 Å². The van der Waals surface area contributed by atoms with Crippen molar-refractivity contribution in [1.82, 2.24) is 15.8 Å². The zero-order valence-corrected chi connectivity index (χ0v) is 15.8. The number of rotatable bonds is 8. The number of hydrogen-bond acceptors (Lipinski definition) is 6. The van der Waals surface area contributed by atoms with E-state index in [-0.39, 0.29) is 23.0 Å². The molecular weight excluding hydrogens is 355 g/mol. The molecule has 0 fully saturated rings. The highest BCUT2D eigenvalue weighted by molar-refractivity contribution is 6.04. The molecule has 2 N–H and O–H groups in total. The van der Waals surface area contributed by atoms with E-state index in [0.717, 1.165) is 0 Å². The molecule has 0 aliphatic rings. The molecule has 0 atom stereocenters. The Kier molecular flexibility index (Phi) is 6.75. The quantitative estimate of drug-likeness (QED) is 0.680. The minimum absolute atomic E-state index is 0.0345. The summed E-state index contributed by atoms with van der Waals surface area (Å²) in [5.74, 6) is -0.420. The molecule has 0 saturated heterocycles. The molecule has 2 amide bonds. The standard InChI is InChI=1S/C18H23FN4O4/c1-20-14(24)6-5-9-21-18(25)15-16(27-22-17(15)23(2)3)11-7-8-12(19)13(10-11)26-4/h7-8,10H,5-6,9H2,1-4H3,(H,20,24)(H,21,25). The van der Waals surface area contributed by atoms with Crippen molar-refractivity contribution < 1.29 is 23.2 Å². The van der Waals surface area contributed by atoms with Gasteiger partial charge in [0.25, 0.3) is 5.91 Å². The van der Waals surface area contributed by atoms with Gasteiger partial charge in [0.15, 0.2) is 23.1 Å². The second-order valence-corrected chi connectivity index (χ2v) is 5.99. The van der Waals surface area contributed by atoms with Gasteiger partial charge in [-0.25, -0.2) is 4.39 Å². The van der Waals surface area contributed by atoms with E-state index in [1.54, 1.807) is 26.0 Å². The van der Waals surface area contributed by atoms with Gasteiger partial charge in [-0.2, -0.15) is 0 Å². The molecule has 0 radical (unpaired) electrons. The van der Waals surface area contributed by atoms with E-state index < -0.39 is 11.7 Å². The van der Waals surface area contributed by atoms with Crippen LogP contribution in [0.1, 0.15) is 23.2 Å². The topological polar surface area (TPSA) is 96.7 Å². The van der Waals surface area contributed by atoms with Gasteiger partial charge in [-0.15, -0.1) is 0 Å². The summed E-state index contributed by atoms with van der Waals surface area (Å²) in [6.45, 7) is 0.316. The molecule has 2 aromatic rings. The van der Waals surface area contributed by atoms with Gasteiger partial charge in [-0.3, -0.25) is 9.59 Å². The number of amides is 2. The molecule has 0 aliphatic carbocycles. The Balaban J connectivity index is 2.27. The molecule has 1 aromatic heterocycles. The van der Waals surface area contributed by atoms with Gasteiger partial charge in [0.2, 0.25) is 5.91 Å². The molecule has 0 spiro atoms. The predicted octanol–water partition coefficient (Wildman–Crippen LogP) is 1.81. The van der Waals surface area contributed by atoms with Crippen LogP contribution in [0.25, 0.3) is 11.3 Å². The van der Waals surface area contributed by atoms with E-state index in [1.807, 2.05) is 0 Å². The molecule has 146 valence electrons. The van der Waals surface area contributed by atoms with Gasteiger partial charge in [-0.1, -0.05) is 5.16 Å². The van der Waals surface area contributed by atoms with Crippen molar-refractivity contribution in [2.75, 3.05) is 39.7 Å². The number of methoxy groups -OCH3 is 1. The monoisotopic (exact) mass is 378 g/mol. The van der Waals surface area contributed by atoms with Crippen LogP contribution in [0.2, 0.25) is 0 Å². The van der Waals surface area contributed by atoms with Gasteiger partial charge < -0.3 is 24.8 Å². The zero-order valence-electron chi connectivity index (χ0n) is 15.8. The van der Waals surface area contributed by atoms with Crippen molar-refractivity contribution in [3.63, 3.8) is 0 Å². The number of carbonyl (C=O) groups is 2. The Labute approximate surface area is 156 Å². The van der Waals surface area contributed by atoms with Crippen molar-refractivity contribution in [2.24, 2.45) is 0 Å². The lowest BCUT2D eigenvalue weighted by molar-refractivity contribution is -0.120. The summed E-state index contributed by atoms with van der Waals surface area (Å²) in [5.41, 5.74) is 0.693. The predicted molar refractivity (Wildman–Crippen MR) is 98.4 cm³/mol. The van der Waals surface area contributed by atoms with Gasteiger partial charge in [0, 0.05) is 39.7 Å². The number of aromatic nitrogens is 1. The smallest absolute Gasteiger partial charge is 0.259 e. The average Bonchev–Trinajstić information content (AvgIpc) is 3.10. The number of anilines is 1. The molecule has 0 saturated carbocycles. The molecule has 0 unspecified atom stereocenters. The van der Waals surface area contributed by atoms with E-state index >= 15 is 0 Å². The maximum absolute atomic E-state index is 13.7. The summed E-state index contributed by atoms with van der Waals surface area (Å²) in [4.78, 5) is 25.6. The first-order valence-electron chi connectivity index (χ1n) is 8.38. The SMILES string of the molecule is CNC(=O)CCCNC(=O)c1c(N(C)C)noc1-c1ccc(F)c(OC)c1. The van der Waals surface area contributed by atoms with E-state index in [0.29, 0.717) is 30.8 Å². The highest BCUT2D eigenvalue weighted by Gasteiger charge is 2.26. The van der Waals surface area contributed by atoms with Gasteiger partial charge in [0.05, 0.1) is 7.11 Å². The summed E-state index contributed by atoms with van der Waals surface area (Å²) < 4.78 is 24.0. The van der Waals surface area contributed by atoms with E-state index in [2.05, 4.69) is 15.8 Å². The third kappa shape index (κ3) is 4.75. The zero-order chi connectivity index (χ0) is 20.0. The summed E-state index contributed by atoms with van der Waals surface area (Å²) in [5, 5.41) is 9.24. The largest absolute Gasteiger partial charge is 0.494 e. The summed E-state index contributed by atoms with van der Waals surface area (Å²) in [6, 6.07) is 4.16. The van der Waals surface area contributed by atoms with Crippen LogP contribution in [-0.4, -0.2) is 51.8 Å². The second-order valence-electron chi connectivity index (χ2n) is 5.99. The van der Waals surface area contributed by atoms with E-state index in [1.165, 1.54) is 25.3 Å². The van der Waals surface area contributed by atoms with Gasteiger partial charge >= 0.3 is 0 Å². The Bertz CT molecular complexity index is 820. The molecule has 1 aromatic carbocycles. The first kappa shape index (κ1) is 20.2. The molecule has 0 bridgehead atoms. The van der Waals surface area contributed by atoms with Crippen LogP contribution < -0.4 is 20.3 Å². The molecule has 9 heteroatoms. The Hall–Kier alpha value is -3.10. The molecular formula is C18H23FN4O4. The van der Waals surface area contributed by atoms with E-state index in [4.69, 9.17) is 9.26 Å². The third-order valence-electron chi connectivity index (χ3n) is 3.88. The normalized spacial score (nSPS) is 10.4. The van der Waals surface area contributed by atoms with Crippen molar-refractivity contribution in [2.45, 2.75) is 12.8 Å². The Morgan fingerprint density at radius 1 is 1.33 bits per heavy atom. The highest BCUT2D eigenvalue weighted by atomic mass is 19.1. The number of carbonyl (C=O) groups excluding carboxylic acids is 2. The van der Waals surface area contributed by atoms with E-state index in [9.17, 15) is 14.0 Å². The number of nitrogens with one attached hydrogen (secondary N) is 2. The van der Waals surface area contributed by atoms with Crippen molar-refractivity contribution in [3.8, 4) is 17.1 Å². The lowest BCUT2D eigenvalue weighted by Crippen LogP contribution is -2.28. The van der Waals surface area contributed by atoms with Crippen LogP contribution in [0.3, 0.4) is 0 Å². The number of benzene rings is 1. The molecule has 27 heavy (non-hydrogen) atoms. The molecule has 8 nitrogen and oxygen atoms in total. The molecule has 0 aliphatic heterocycles. The Morgan fingerprint density at radius 2 is 2.07 bits per heavy atom. The third-order valence-corrected chi connectivity index (χ3v) is 3.88. The van der Waals surface area contributed by atoms with Crippen molar-refractivity contribution in [1.29, 1.82) is 0 Å². The second kappa shape index (κ2) is 9.02. The molecule has 2 rings (SSSR count). The van der Waals surface area contributed by atoms with Gasteiger partial charge in [-0.05, 0) is 24.6 Å². The van der Waals surface area contributed by atoms with Crippen LogP contribution in [0.5, 0.6) is 5.75 Å². The first-order chi connectivity index (χ1) is 12.9. The van der Waals surface area contributed by atoms with Crippen LogP contribution in [0.15, 0.2) is 22.7 Å². The average molecular weight is 378 g/mol. The fraction of sp³-hybridized carbons (Fsp3) is 0.389. The van der Waals surface area contributed by atoms with Crippen LogP contribution >= 0.6 is 0 Å². The highest BCUT2D eigenvalue weighted by Crippen LogP contribution is 2.33. The summed E-state index contributed by atoms with van der Waals surface area (Å²) in [7, 11) is 6.38. The molecule has 1 heterocycles. The van der Waals surface area contributed by atoms with Crippen LogP contribution in [0.4, 0.5) is 10.2 Å². The lowest BCUT2D eigenvalue weighted by Gasteiger charge is -2.11. The maximum Gasteiger partial charge on any atom is 0.259 e. The number of nitrogens with zero attached hydrogens (tertiary/aromatic N) is 2. The first-order valence-corrected chi connectivity index (χ1v) is 8.38. The Morgan fingerprint density at radius 3 is 2.70 bits per heavy atom. The summed E-state index contributed by atoms with van der Waals surface area (Å²) in [6.07, 6.45) is 0.802. The van der Waals surface area contributed by atoms with Crippen molar-refractivity contribution >= 4 is 17.6 Å².